The molecule has 0 heterocycles. The molecule has 0 aromatic heterocycles. The molecule has 1 atom stereocenters. The van der Waals surface area contributed by atoms with Crippen molar-refractivity contribution in [1.82, 2.24) is 0 Å². The third kappa shape index (κ3) is 3.28. The smallest absolute Gasteiger partial charge is 0.335 e. The van der Waals surface area contributed by atoms with Crippen LogP contribution < -0.4 is 0 Å². The van der Waals surface area contributed by atoms with Gasteiger partial charge in [0.1, 0.15) is 5.82 Å². The van der Waals surface area contributed by atoms with E-state index in [9.17, 15) is 14.3 Å². The Labute approximate surface area is 101 Å². The summed E-state index contributed by atoms with van der Waals surface area (Å²) >= 11 is 3.06. The number of carbonyl (C=O) groups excluding carboxylic acids is 1. The van der Waals surface area contributed by atoms with E-state index in [4.69, 9.17) is 0 Å². The normalized spacial score (nSPS) is 12.2. The fourth-order valence-electron chi connectivity index (χ4n) is 1.24. The lowest BCUT2D eigenvalue weighted by Gasteiger charge is -2.10. The molecule has 88 valence electrons. The minimum Gasteiger partial charge on any atom is -0.464 e. The largest absolute Gasteiger partial charge is 0.464 e. The van der Waals surface area contributed by atoms with Gasteiger partial charge in [0.05, 0.1) is 11.1 Å². The molecule has 0 aliphatic carbocycles. The van der Waals surface area contributed by atoms with Crippen molar-refractivity contribution in [3.8, 4) is 0 Å². The van der Waals surface area contributed by atoms with Gasteiger partial charge in [-0.2, -0.15) is 0 Å². The lowest BCUT2D eigenvalue weighted by Crippen LogP contribution is -2.25. The number of benzene rings is 1. The molecule has 1 N–H and O–H groups in total. The summed E-state index contributed by atoms with van der Waals surface area (Å²) < 4.78 is 18.0. The van der Waals surface area contributed by atoms with Crippen LogP contribution in [0.1, 0.15) is 12.5 Å². The number of esters is 1. The molecule has 16 heavy (non-hydrogen) atoms. The number of aliphatic hydroxyl groups is 1. The van der Waals surface area contributed by atoms with E-state index in [1.54, 1.807) is 13.0 Å². The SMILES string of the molecule is CCOC(=O)C(O)Cc1cccc(F)c1Br. The minimum absolute atomic E-state index is 0.0250. The summed E-state index contributed by atoms with van der Waals surface area (Å²) in [5, 5.41) is 9.50. The number of hydrogen-bond acceptors (Lipinski definition) is 3. The highest BCUT2D eigenvalue weighted by Gasteiger charge is 2.18. The summed E-state index contributed by atoms with van der Waals surface area (Å²) in [5.41, 5.74) is 0.528. The summed E-state index contributed by atoms with van der Waals surface area (Å²) in [7, 11) is 0. The lowest BCUT2D eigenvalue weighted by atomic mass is 10.1. The second kappa shape index (κ2) is 5.96. The van der Waals surface area contributed by atoms with Crippen molar-refractivity contribution < 1.29 is 19.0 Å². The second-order valence-electron chi connectivity index (χ2n) is 3.18. The van der Waals surface area contributed by atoms with Gasteiger partial charge in [0.15, 0.2) is 6.10 Å². The molecule has 0 fully saturated rings. The Kier molecular flexibility index (Phi) is 4.89. The predicted octanol–water partition coefficient (Wildman–Crippen LogP) is 2.05. The number of hydrogen-bond donors (Lipinski definition) is 1. The molecule has 0 radical (unpaired) electrons. The van der Waals surface area contributed by atoms with Gasteiger partial charge in [0.2, 0.25) is 0 Å². The molecule has 0 saturated heterocycles. The van der Waals surface area contributed by atoms with Gasteiger partial charge in [-0.05, 0) is 34.5 Å². The summed E-state index contributed by atoms with van der Waals surface area (Å²) in [6, 6.07) is 4.45. The van der Waals surface area contributed by atoms with Crippen molar-refractivity contribution in [2.24, 2.45) is 0 Å². The molecule has 1 aromatic carbocycles. The van der Waals surface area contributed by atoms with Crippen molar-refractivity contribution in [1.29, 1.82) is 0 Å². The van der Waals surface area contributed by atoms with Gasteiger partial charge < -0.3 is 9.84 Å². The van der Waals surface area contributed by atoms with Crippen molar-refractivity contribution in [2.45, 2.75) is 19.4 Å². The average molecular weight is 291 g/mol. The Hall–Kier alpha value is -0.940. The first-order valence-corrected chi connectivity index (χ1v) is 5.63. The second-order valence-corrected chi connectivity index (χ2v) is 3.98. The predicted molar refractivity (Wildman–Crippen MR) is 60.4 cm³/mol. The molecule has 1 rings (SSSR count). The van der Waals surface area contributed by atoms with E-state index >= 15 is 0 Å². The zero-order chi connectivity index (χ0) is 12.1. The number of halogens is 2. The highest BCUT2D eigenvalue weighted by molar-refractivity contribution is 9.10. The van der Waals surface area contributed by atoms with Crippen LogP contribution in [0.5, 0.6) is 0 Å². The molecule has 0 amide bonds. The average Bonchev–Trinajstić information content (AvgIpc) is 2.25. The number of aliphatic hydroxyl groups excluding tert-OH is 1. The molecule has 5 heteroatoms. The van der Waals surface area contributed by atoms with Crippen LogP contribution in [0.3, 0.4) is 0 Å². The van der Waals surface area contributed by atoms with Crippen molar-refractivity contribution in [2.75, 3.05) is 6.61 Å². The van der Waals surface area contributed by atoms with E-state index in [1.165, 1.54) is 12.1 Å². The molecule has 3 nitrogen and oxygen atoms in total. The van der Waals surface area contributed by atoms with Gasteiger partial charge in [0.25, 0.3) is 0 Å². The Morgan fingerprint density at radius 1 is 1.62 bits per heavy atom. The third-order valence-corrected chi connectivity index (χ3v) is 2.89. The topological polar surface area (TPSA) is 46.5 Å². The zero-order valence-electron chi connectivity index (χ0n) is 8.74. The third-order valence-electron chi connectivity index (χ3n) is 2.00. The van der Waals surface area contributed by atoms with Crippen LogP contribution >= 0.6 is 15.9 Å². The van der Waals surface area contributed by atoms with Gasteiger partial charge in [-0.1, -0.05) is 12.1 Å². The monoisotopic (exact) mass is 290 g/mol. The van der Waals surface area contributed by atoms with Crippen molar-refractivity contribution >= 4 is 21.9 Å². The van der Waals surface area contributed by atoms with E-state index < -0.39 is 17.9 Å². The lowest BCUT2D eigenvalue weighted by molar-refractivity contribution is -0.152. The van der Waals surface area contributed by atoms with Gasteiger partial charge in [-0.15, -0.1) is 0 Å². The molecular weight excluding hydrogens is 279 g/mol. The molecule has 1 aromatic rings. The number of carbonyl (C=O) groups is 1. The van der Waals surface area contributed by atoms with E-state index in [-0.39, 0.29) is 17.5 Å². The molecule has 1 unspecified atom stereocenters. The summed E-state index contributed by atoms with van der Waals surface area (Å²) in [6.07, 6.45) is -1.24. The standard InChI is InChI=1S/C11H12BrFO3/c1-2-16-11(15)9(14)6-7-4-3-5-8(13)10(7)12/h3-5,9,14H,2,6H2,1H3. The molecule has 0 aliphatic heterocycles. The molecule has 0 bridgehead atoms. The van der Waals surface area contributed by atoms with Crippen LogP contribution in [0.25, 0.3) is 0 Å². The first kappa shape index (κ1) is 13.1. The Bertz CT molecular complexity index is 381. The van der Waals surface area contributed by atoms with Crippen LogP contribution in [0.2, 0.25) is 0 Å². The van der Waals surface area contributed by atoms with Crippen molar-refractivity contribution in [3.05, 3.63) is 34.1 Å². The van der Waals surface area contributed by atoms with Crippen LogP contribution in [0.15, 0.2) is 22.7 Å². The maximum atomic E-state index is 13.1. The van der Waals surface area contributed by atoms with E-state index in [0.29, 0.717) is 5.56 Å². The van der Waals surface area contributed by atoms with Crippen LogP contribution in [0, 0.1) is 5.82 Å². The van der Waals surface area contributed by atoms with Gasteiger partial charge in [0, 0.05) is 6.42 Å². The molecule has 0 saturated carbocycles. The van der Waals surface area contributed by atoms with Gasteiger partial charge >= 0.3 is 5.97 Å². The number of rotatable bonds is 4. The van der Waals surface area contributed by atoms with E-state index in [0.717, 1.165) is 0 Å². The first-order valence-electron chi connectivity index (χ1n) is 4.83. The summed E-state index contributed by atoms with van der Waals surface area (Å²) in [4.78, 5) is 11.2. The Morgan fingerprint density at radius 2 is 2.31 bits per heavy atom. The highest BCUT2D eigenvalue weighted by atomic mass is 79.9. The van der Waals surface area contributed by atoms with Crippen molar-refractivity contribution in [3.63, 3.8) is 0 Å². The number of ether oxygens (including phenoxy) is 1. The summed E-state index contributed by atoms with van der Waals surface area (Å²) in [5.74, 6) is -1.12. The van der Waals surface area contributed by atoms with E-state index in [2.05, 4.69) is 20.7 Å². The summed E-state index contributed by atoms with van der Waals surface area (Å²) in [6.45, 7) is 1.86. The Morgan fingerprint density at radius 3 is 2.94 bits per heavy atom. The van der Waals surface area contributed by atoms with Crippen LogP contribution in [0.4, 0.5) is 4.39 Å². The Balaban J connectivity index is 2.73. The molecule has 0 aliphatic rings. The highest BCUT2D eigenvalue weighted by Crippen LogP contribution is 2.21. The zero-order valence-corrected chi connectivity index (χ0v) is 10.3. The van der Waals surface area contributed by atoms with Crippen LogP contribution in [-0.4, -0.2) is 23.8 Å². The fraction of sp³-hybridized carbons (Fsp3) is 0.364. The maximum absolute atomic E-state index is 13.1. The van der Waals surface area contributed by atoms with Crippen LogP contribution in [-0.2, 0) is 16.0 Å². The van der Waals surface area contributed by atoms with Gasteiger partial charge in [-0.25, -0.2) is 9.18 Å². The fourth-order valence-corrected chi connectivity index (χ4v) is 1.66. The maximum Gasteiger partial charge on any atom is 0.335 e. The van der Waals surface area contributed by atoms with E-state index in [1.807, 2.05) is 0 Å². The first-order chi connectivity index (χ1) is 7.56. The molecular formula is C11H12BrFO3. The van der Waals surface area contributed by atoms with Gasteiger partial charge in [-0.3, -0.25) is 0 Å². The minimum atomic E-state index is -1.27. The quantitative estimate of drug-likeness (QED) is 0.864. The molecule has 0 spiro atoms.